The van der Waals surface area contributed by atoms with Crippen LogP contribution >= 0.6 is 0 Å². The van der Waals surface area contributed by atoms with Crippen molar-refractivity contribution in [2.75, 3.05) is 36.8 Å². The summed E-state index contributed by atoms with van der Waals surface area (Å²) in [5, 5.41) is 12.2. The van der Waals surface area contributed by atoms with Crippen molar-refractivity contribution in [2.45, 2.75) is 20.0 Å². The van der Waals surface area contributed by atoms with Crippen molar-refractivity contribution in [2.24, 2.45) is 0 Å². The topological polar surface area (TPSA) is 103 Å². The predicted molar refractivity (Wildman–Crippen MR) is 145 cm³/mol. The molecule has 0 spiro atoms. The van der Waals surface area contributed by atoms with Gasteiger partial charge in [-0.25, -0.2) is 9.78 Å². The highest BCUT2D eigenvalue weighted by molar-refractivity contribution is 6.04. The number of nitrogens with zero attached hydrogens (tertiary/aromatic N) is 3. The molecule has 0 unspecified atom stereocenters. The molecule has 5 rings (SSSR count). The van der Waals surface area contributed by atoms with E-state index in [1.54, 1.807) is 10.6 Å². The Balaban J connectivity index is 1.17. The minimum absolute atomic E-state index is 0.245. The van der Waals surface area contributed by atoms with E-state index in [0.717, 1.165) is 49.5 Å². The SMILES string of the molecule is Cc1ccc(CNC(=O)Nc2cccc(CN3CCNCC3)c2)cc1NC(=O)c1cnc2ccccn12. The molecule has 1 aliphatic rings. The molecular weight excluding hydrogens is 466 g/mol. The van der Waals surface area contributed by atoms with Crippen molar-refractivity contribution >= 4 is 29.0 Å². The van der Waals surface area contributed by atoms with Crippen LogP contribution < -0.4 is 21.3 Å². The second-order valence-corrected chi connectivity index (χ2v) is 9.21. The van der Waals surface area contributed by atoms with Crippen LogP contribution in [0.5, 0.6) is 0 Å². The molecule has 1 fully saturated rings. The number of carbonyl (C=O) groups is 2. The lowest BCUT2D eigenvalue weighted by molar-refractivity contribution is 0.102. The van der Waals surface area contributed by atoms with Crippen molar-refractivity contribution < 1.29 is 9.59 Å². The van der Waals surface area contributed by atoms with Crippen LogP contribution in [-0.4, -0.2) is 52.4 Å². The van der Waals surface area contributed by atoms with E-state index < -0.39 is 0 Å². The van der Waals surface area contributed by atoms with Crippen LogP contribution in [0.2, 0.25) is 0 Å². The number of amides is 3. The number of aryl methyl sites for hydroxylation is 1. The standard InChI is InChI=1S/C28H31N7O2/c1-20-8-9-21(16-24(20)33-27(36)25-18-30-26-7-2-3-12-35(25)26)17-31-28(37)32-23-6-4-5-22(15-23)19-34-13-10-29-11-14-34/h2-9,12,15-16,18,29H,10-11,13-14,17,19H2,1H3,(H,33,36)(H2,31,32,37). The molecule has 37 heavy (non-hydrogen) atoms. The Kier molecular flexibility index (Phi) is 7.43. The molecule has 0 atom stereocenters. The predicted octanol–water partition coefficient (Wildman–Crippen LogP) is 3.62. The summed E-state index contributed by atoms with van der Waals surface area (Å²) >= 11 is 0. The first-order valence-corrected chi connectivity index (χ1v) is 12.4. The zero-order chi connectivity index (χ0) is 25.6. The molecule has 0 saturated carbocycles. The van der Waals surface area contributed by atoms with Crippen molar-refractivity contribution in [3.63, 3.8) is 0 Å². The third-order valence-corrected chi connectivity index (χ3v) is 6.45. The molecule has 190 valence electrons. The van der Waals surface area contributed by atoms with Crippen LogP contribution in [0, 0.1) is 6.92 Å². The Morgan fingerprint density at radius 2 is 1.84 bits per heavy atom. The quantitative estimate of drug-likeness (QED) is 0.312. The molecule has 9 heteroatoms. The lowest BCUT2D eigenvalue weighted by atomic mass is 10.1. The van der Waals surface area contributed by atoms with Crippen molar-refractivity contribution in [3.05, 3.63) is 95.4 Å². The number of hydrogen-bond acceptors (Lipinski definition) is 5. The van der Waals surface area contributed by atoms with Gasteiger partial charge >= 0.3 is 6.03 Å². The highest BCUT2D eigenvalue weighted by atomic mass is 16.2. The second-order valence-electron chi connectivity index (χ2n) is 9.21. The Hall–Kier alpha value is -4.21. The van der Waals surface area contributed by atoms with E-state index in [2.05, 4.69) is 37.2 Å². The van der Waals surface area contributed by atoms with Gasteiger partial charge in [-0.1, -0.05) is 30.3 Å². The molecule has 0 radical (unpaired) electrons. The highest BCUT2D eigenvalue weighted by Crippen LogP contribution is 2.19. The van der Waals surface area contributed by atoms with Crippen LogP contribution in [0.25, 0.3) is 5.65 Å². The number of piperazine rings is 1. The number of hydrogen-bond donors (Lipinski definition) is 4. The summed E-state index contributed by atoms with van der Waals surface area (Å²) < 4.78 is 1.75. The van der Waals surface area contributed by atoms with Crippen molar-refractivity contribution in [1.82, 2.24) is 24.9 Å². The molecule has 2 aromatic carbocycles. The van der Waals surface area contributed by atoms with Crippen molar-refractivity contribution in [1.29, 1.82) is 0 Å². The zero-order valence-corrected chi connectivity index (χ0v) is 20.8. The minimum Gasteiger partial charge on any atom is -0.334 e. The largest absolute Gasteiger partial charge is 0.334 e. The van der Waals surface area contributed by atoms with E-state index in [0.29, 0.717) is 23.6 Å². The van der Waals surface area contributed by atoms with Crippen LogP contribution in [0.1, 0.15) is 27.2 Å². The first kappa shape index (κ1) is 24.5. The number of imidazole rings is 1. The number of aromatic nitrogens is 2. The molecule has 2 aromatic heterocycles. The maximum absolute atomic E-state index is 12.9. The van der Waals surface area contributed by atoms with Gasteiger partial charge in [0.15, 0.2) is 0 Å². The smallest absolute Gasteiger partial charge is 0.319 e. The van der Waals surface area contributed by atoms with E-state index in [1.807, 2.05) is 67.7 Å². The minimum atomic E-state index is -0.281. The normalized spacial score (nSPS) is 13.9. The Labute approximate surface area is 215 Å². The number of anilines is 2. The molecule has 3 heterocycles. The number of nitrogens with one attached hydrogen (secondary N) is 4. The third kappa shape index (κ3) is 6.14. The van der Waals surface area contributed by atoms with Gasteiger partial charge in [-0.15, -0.1) is 0 Å². The number of carbonyl (C=O) groups excluding carboxylic acids is 2. The Morgan fingerprint density at radius 3 is 2.70 bits per heavy atom. The fourth-order valence-corrected chi connectivity index (χ4v) is 4.43. The first-order valence-electron chi connectivity index (χ1n) is 12.4. The average molecular weight is 498 g/mol. The van der Waals surface area contributed by atoms with Gasteiger partial charge in [0.05, 0.1) is 6.20 Å². The van der Waals surface area contributed by atoms with Crippen LogP contribution in [0.3, 0.4) is 0 Å². The van der Waals surface area contributed by atoms with E-state index in [4.69, 9.17) is 0 Å². The molecule has 1 aliphatic heterocycles. The molecule has 4 N–H and O–H groups in total. The van der Waals surface area contributed by atoms with Gasteiger partial charge in [0.2, 0.25) is 0 Å². The van der Waals surface area contributed by atoms with Gasteiger partial charge in [0.1, 0.15) is 11.3 Å². The van der Waals surface area contributed by atoms with Crippen molar-refractivity contribution in [3.8, 4) is 0 Å². The number of pyridine rings is 1. The molecule has 9 nitrogen and oxygen atoms in total. The van der Waals surface area contributed by atoms with E-state index >= 15 is 0 Å². The van der Waals surface area contributed by atoms with Crippen LogP contribution in [0.15, 0.2) is 73.1 Å². The van der Waals surface area contributed by atoms with E-state index in [1.165, 1.54) is 5.56 Å². The summed E-state index contributed by atoms with van der Waals surface area (Å²) in [6.45, 7) is 7.18. The van der Waals surface area contributed by atoms with E-state index in [-0.39, 0.29) is 11.9 Å². The summed E-state index contributed by atoms with van der Waals surface area (Å²) in [6, 6.07) is 19.0. The lowest BCUT2D eigenvalue weighted by Crippen LogP contribution is -2.42. The van der Waals surface area contributed by atoms with Crippen LogP contribution in [0.4, 0.5) is 16.2 Å². The second kappa shape index (κ2) is 11.2. The maximum Gasteiger partial charge on any atom is 0.319 e. The molecule has 0 aliphatic carbocycles. The van der Waals surface area contributed by atoms with Gasteiger partial charge in [-0.2, -0.15) is 0 Å². The van der Waals surface area contributed by atoms with Crippen LogP contribution in [-0.2, 0) is 13.1 Å². The Bertz CT molecular complexity index is 1410. The first-order chi connectivity index (χ1) is 18.0. The molecular formula is C28H31N7O2. The molecule has 0 bridgehead atoms. The lowest BCUT2D eigenvalue weighted by Gasteiger charge is -2.27. The Morgan fingerprint density at radius 1 is 0.973 bits per heavy atom. The monoisotopic (exact) mass is 497 g/mol. The number of fused-ring (bicyclic) bond motifs is 1. The number of urea groups is 1. The van der Waals surface area contributed by atoms with Gasteiger partial charge in [-0.3, -0.25) is 14.1 Å². The van der Waals surface area contributed by atoms with Gasteiger partial charge in [0, 0.05) is 56.8 Å². The van der Waals surface area contributed by atoms with Gasteiger partial charge < -0.3 is 21.3 Å². The van der Waals surface area contributed by atoms with E-state index in [9.17, 15) is 9.59 Å². The maximum atomic E-state index is 12.9. The highest BCUT2D eigenvalue weighted by Gasteiger charge is 2.14. The third-order valence-electron chi connectivity index (χ3n) is 6.45. The summed E-state index contributed by atoms with van der Waals surface area (Å²) in [5.41, 5.74) is 5.59. The zero-order valence-electron chi connectivity index (χ0n) is 20.8. The van der Waals surface area contributed by atoms with Gasteiger partial charge in [0.25, 0.3) is 5.91 Å². The fraction of sp³-hybridized carbons (Fsp3) is 0.250. The fourth-order valence-electron chi connectivity index (χ4n) is 4.43. The summed E-state index contributed by atoms with van der Waals surface area (Å²) in [4.78, 5) is 32.2. The number of rotatable bonds is 7. The summed E-state index contributed by atoms with van der Waals surface area (Å²) in [7, 11) is 0. The average Bonchev–Trinajstić information content (AvgIpc) is 3.34. The molecule has 1 saturated heterocycles. The number of benzene rings is 2. The van der Waals surface area contributed by atoms with Gasteiger partial charge in [-0.05, 0) is 53.9 Å². The summed E-state index contributed by atoms with van der Waals surface area (Å²) in [5.74, 6) is -0.245. The molecule has 3 amide bonds. The molecule has 4 aromatic rings. The summed E-state index contributed by atoms with van der Waals surface area (Å²) in [6.07, 6.45) is 3.37.